The Morgan fingerprint density at radius 1 is 1.40 bits per heavy atom. The molecule has 1 amide bonds. The maximum Gasteiger partial charge on any atom is 0.241 e. The van der Waals surface area contributed by atoms with Crippen molar-refractivity contribution in [2.75, 3.05) is 13.6 Å². The average Bonchev–Trinajstić information content (AvgIpc) is 2.69. The summed E-state index contributed by atoms with van der Waals surface area (Å²) in [5, 5.41) is 3.56. The molecule has 4 atom stereocenters. The van der Waals surface area contributed by atoms with Crippen LogP contribution in [0.3, 0.4) is 0 Å². The summed E-state index contributed by atoms with van der Waals surface area (Å²) in [4.78, 5) is 17.3. The molecule has 20 heavy (non-hydrogen) atoms. The van der Waals surface area contributed by atoms with Crippen molar-refractivity contribution in [1.82, 2.24) is 15.1 Å². The number of likely N-dealkylation sites (tertiary alicyclic amines) is 1. The zero-order chi connectivity index (χ0) is 14.9. The standard InChI is InChI=1S/C16H31N3O/c1-6-15-17-14(9-11(2)3)16(20)19(15)13-7-8-18(5)12(4)10-13/h11-15,17H,6-10H2,1-5H3. The first-order chi connectivity index (χ1) is 9.43. The van der Waals surface area contributed by atoms with Gasteiger partial charge in [0, 0.05) is 18.6 Å². The van der Waals surface area contributed by atoms with E-state index < -0.39 is 0 Å². The average molecular weight is 281 g/mol. The number of nitrogens with one attached hydrogen (secondary N) is 1. The third-order valence-corrected chi connectivity index (χ3v) is 4.95. The van der Waals surface area contributed by atoms with Gasteiger partial charge in [-0.15, -0.1) is 0 Å². The predicted octanol–water partition coefficient (Wildman–Crippen LogP) is 2.05. The van der Waals surface area contributed by atoms with Crippen LogP contribution in [0.5, 0.6) is 0 Å². The molecule has 4 nitrogen and oxygen atoms in total. The van der Waals surface area contributed by atoms with E-state index in [4.69, 9.17) is 0 Å². The zero-order valence-electron chi connectivity index (χ0n) is 13.7. The molecule has 2 heterocycles. The summed E-state index contributed by atoms with van der Waals surface area (Å²) in [6.45, 7) is 9.92. The molecule has 116 valence electrons. The highest BCUT2D eigenvalue weighted by Gasteiger charge is 2.42. The number of carbonyl (C=O) groups is 1. The Labute approximate surface area is 123 Å². The second-order valence-corrected chi connectivity index (χ2v) is 7.03. The normalized spacial score (nSPS) is 36.1. The Bertz CT molecular complexity index is 345. The highest BCUT2D eigenvalue weighted by molar-refractivity contribution is 5.84. The molecular formula is C16H31N3O. The summed E-state index contributed by atoms with van der Waals surface area (Å²) in [5.74, 6) is 0.901. The molecule has 2 aliphatic rings. The van der Waals surface area contributed by atoms with Crippen molar-refractivity contribution in [3.8, 4) is 0 Å². The topological polar surface area (TPSA) is 35.6 Å². The molecule has 0 bridgehead atoms. The molecule has 1 N–H and O–H groups in total. The lowest BCUT2D eigenvalue weighted by Crippen LogP contribution is -2.51. The number of hydrogen-bond donors (Lipinski definition) is 1. The molecule has 0 aromatic carbocycles. The summed E-state index contributed by atoms with van der Waals surface area (Å²) < 4.78 is 0. The van der Waals surface area contributed by atoms with Crippen molar-refractivity contribution in [3.05, 3.63) is 0 Å². The van der Waals surface area contributed by atoms with Gasteiger partial charge in [0.1, 0.15) is 0 Å². The largest absolute Gasteiger partial charge is 0.323 e. The maximum absolute atomic E-state index is 12.7. The van der Waals surface area contributed by atoms with E-state index in [9.17, 15) is 4.79 Å². The first-order valence-corrected chi connectivity index (χ1v) is 8.22. The molecule has 0 saturated carbocycles. The van der Waals surface area contributed by atoms with E-state index in [2.05, 4.69) is 49.9 Å². The van der Waals surface area contributed by atoms with Gasteiger partial charge in [0.15, 0.2) is 0 Å². The first-order valence-electron chi connectivity index (χ1n) is 8.22. The summed E-state index contributed by atoms with van der Waals surface area (Å²) in [6, 6.07) is 1.03. The van der Waals surface area contributed by atoms with Crippen molar-refractivity contribution in [2.45, 2.75) is 77.7 Å². The van der Waals surface area contributed by atoms with Crippen LogP contribution in [0.25, 0.3) is 0 Å². The van der Waals surface area contributed by atoms with Gasteiger partial charge in [-0.05, 0) is 45.6 Å². The smallest absolute Gasteiger partial charge is 0.241 e. The van der Waals surface area contributed by atoms with Crippen LogP contribution in [0, 0.1) is 5.92 Å². The highest BCUT2D eigenvalue weighted by Crippen LogP contribution is 2.28. The Morgan fingerprint density at radius 3 is 2.65 bits per heavy atom. The summed E-state index contributed by atoms with van der Waals surface area (Å²) >= 11 is 0. The molecule has 2 fully saturated rings. The minimum absolute atomic E-state index is 0.0370. The quantitative estimate of drug-likeness (QED) is 0.856. The fourth-order valence-electron chi connectivity index (χ4n) is 3.62. The molecule has 0 aromatic heterocycles. The van der Waals surface area contributed by atoms with Gasteiger partial charge >= 0.3 is 0 Å². The van der Waals surface area contributed by atoms with Crippen LogP contribution in [-0.2, 0) is 4.79 Å². The second-order valence-electron chi connectivity index (χ2n) is 7.03. The van der Waals surface area contributed by atoms with Crippen molar-refractivity contribution >= 4 is 5.91 Å². The first kappa shape index (κ1) is 15.8. The second kappa shape index (κ2) is 6.44. The van der Waals surface area contributed by atoms with Gasteiger partial charge in [-0.25, -0.2) is 0 Å². The van der Waals surface area contributed by atoms with Crippen molar-refractivity contribution in [2.24, 2.45) is 5.92 Å². The minimum Gasteiger partial charge on any atom is -0.323 e. The van der Waals surface area contributed by atoms with E-state index >= 15 is 0 Å². The van der Waals surface area contributed by atoms with E-state index in [1.165, 1.54) is 0 Å². The Kier molecular flexibility index (Phi) is 5.08. The molecule has 4 unspecified atom stereocenters. The lowest BCUT2D eigenvalue weighted by Gasteiger charge is -2.41. The van der Waals surface area contributed by atoms with Crippen LogP contribution in [0.2, 0.25) is 0 Å². The van der Waals surface area contributed by atoms with Crippen LogP contribution in [0.4, 0.5) is 0 Å². The summed E-state index contributed by atoms with van der Waals surface area (Å²) in [6.07, 6.45) is 4.41. The zero-order valence-corrected chi connectivity index (χ0v) is 13.7. The van der Waals surface area contributed by atoms with Crippen LogP contribution >= 0.6 is 0 Å². The van der Waals surface area contributed by atoms with E-state index in [0.29, 0.717) is 23.9 Å². The molecule has 0 aliphatic carbocycles. The van der Waals surface area contributed by atoms with Gasteiger partial charge in [-0.2, -0.15) is 0 Å². The molecule has 2 saturated heterocycles. The number of amides is 1. The maximum atomic E-state index is 12.7. The molecule has 0 aromatic rings. The minimum atomic E-state index is 0.0370. The number of rotatable bonds is 4. The van der Waals surface area contributed by atoms with Gasteiger partial charge in [0.25, 0.3) is 0 Å². The Hall–Kier alpha value is -0.610. The molecule has 2 rings (SSSR count). The molecular weight excluding hydrogens is 250 g/mol. The van der Waals surface area contributed by atoms with Crippen molar-refractivity contribution in [1.29, 1.82) is 0 Å². The number of piperidine rings is 1. The SMILES string of the molecule is CCC1NC(CC(C)C)C(=O)N1C1CCN(C)C(C)C1. The van der Waals surface area contributed by atoms with Gasteiger partial charge < -0.3 is 9.80 Å². The Morgan fingerprint density at radius 2 is 2.10 bits per heavy atom. The molecule has 4 heteroatoms. The lowest BCUT2D eigenvalue weighted by molar-refractivity contribution is -0.133. The van der Waals surface area contributed by atoms with Crippen molar-refractivity contribution in [3.63, 3.8) is 0 Å². The van der Waals surface area contributed by atoms with E-state index in [0.717, 1.165) is 32.2 Å². The molecule has 2 aliphatic heterocycles. The van der Waals surface area contributed by atoms with E-state index in [1.54, 1.807) is 0 Å². The number of carbonyl (C=O) groups excluding carboxylic acids is 1. The van der Waals surface area contributed by atoms with Gasteiger partial charge in [0.05, 0.1) is 12.2 Å². The highest BCUT2D eigenvalue weighted by atomic mass is 16.2. The number of hydrogen-bond acceptors (Lipinski definition) is 3. The van der Waals surface area contributed by atoms with Crippen LogP contribution in [0.1, 0.15) is 53.4 Å². The fourth-order valence-corrected chi connectivity index (χ4v) is 3.62. The third-order valence-electron chi connectivity index (χ3n) is 4.95. The third kappa shape index (κ3) is 3.17. The summed E-state index contributed by atoms with van der Waals surface area (Å²) in [5.41, 5.74) is 0. The fraction of sp³-hybridized carbons (Fsp3) is 0.938. The van der Waals surface area contributed by atoms with Gasteiger partial charge in [-0.3, -0.25) is 10.1 Å². The molecule has 0 spiro atoms. The van der Waals surface area contributed by atoms with Crippen LogP contribution in [0.15, 0.2) is 0 Å². The molecule has 0 radical (unpaired) electrons. The van der Waals surface area contributed by atoms with Crippen molar-refractivity contribution < 1.29 is 4.79 Å². The Balaban J connectivity index is 2.07. The predicted molar refractivity (Wildman–Crippen MR) is 82.4 cm³/mol. The number of nitrogens with zero attached hydrogens (tertiary/aromatic N) is 2. The van der Waals surface area contributed by atoms with Gasteiger partial charge in [0.2, 0.25) is 5.91 Å². The van der Waals surface area contributed by atoms with Gasteiger partial charge in [-0.1, -0.05) is 20.8 Å². The monoisotopic (exact) mass is 281 g/mol. The lowest BCUT2D eigenvalue weighted by atomic mass is 9.96. The van der Waals surface area contributed by atoms with Crippen LogP contribution < -0.4 is 5.32 Å². The van der Waals surface area contributed by atoms with E-state index in [-0.39, 0.29) is 12.2 Å². The van der Waals surface area contributed by atoms with E-state index in [1.807, 2.05) is 0 Å². The summed E-state index contributed by atoms with van der Waals surface area (Å²) in [7, 11) is 2.18. The van der Waals surface area contributed by atoms with Crippen LogP contribution in [-0.4, -0.2) is 53.6 Å².